The van der Waals surface area contributed by atoms with E-state index in [1.807, 2.05) is 11.6 Å². The number of sulfonamides is 1. The van der Waals surface area contributed by atoms with Gasteiger partial charge in [-0.2, -0.15) is 0 Å². The van der Waals surface area contributed by atoms with E-state index in [4.69, 9.17) is 4.74 Å². The third kappa shape index (κ3) is 5.29. The van der Waals surface area contributed by atoms with Gasteiger partial charge in [0.2, 0.25) is 5.91 Å². The Kier molecular flexibility index (Phi) is 6.14. The van der Waals surface area contributed by atoms with Crippen LogP contribution in [0.4, 0.5) is 4.39 Å². The molecule has 0 saturated carbocycles. The molecule has 0 bridgehead atoms. The first kappa shape index (κ1) is 18.9. The molecule has 0 atom stereocenters. The molecule has 25 heavy (non-hydrogen) atoms. The van der Waals surface area contributed by atoms with Crippen LogP contribution in [0, 0.1) is 19.7 Å². The summed E-state index contributed by atoms with van der Waals surface area (Å²) in [5.41, 5.74) is 1.51. The van der Waals surface area contributed by atoms with E-state index >= 15 is 0 Å². The molecule has 0 unspecified atom stereocenters. The molecular formula is C18H20FNO4S. The Hall–Kier alpha value is -2.41. The molecule has 2 aromatic rings. The van der Waals surface area contributed by atoms with Gasteiger partial charge in [-0.15, -0.1) is 0 Å². The zero-order chi connectivity index (χ0) is 18.4. The molecule has 0 aliphatic rings. The maximum Gasteiger partial charge on any atom is 0.264 e. The predicted octanol–water partition coefficient (Wildman–Crippen LogP) is 3.11. The van der Waals surface area contributed by atoms with Crippen LogP contribution >= 0.6 is 0 Å². The number of ether oxygens (including phenoxy) is 1. The third-order valence-electron chi connectivity index (χ3n) is 3.51. The fourth-order valence-corrected chi connectivity index (χ4v) is 3.58. The Morgan fingerprint density at radius 2 is 1.88 bits per heavy atom. The highest BCUT2D eigenvalue weighted by atomic mass is 32.2. The van der Waals surface area contributed by atoms with Crippen LogP contribution in [0.3, 0.4) is 0 Å². The van der Waals surface area contributed by atoms with Gasteiger partial charge >= 0.3 is 0 Å². The summed E-state index contributed by atoms with van der Waals surface area (Å²) in [5.74, 6) is -1.01. The number of hydrogen-bond donors (Lipinski definition) is 1. The van der Waals surface area contributed by atoms with Crippen LogP contribution < -0.4 is 9.46 Å². The smallest absolute Gasteiger partial charge is 0.264 e. The lowest BCUT2D eigenvalue weighted by atomic mass is 10.2. The molecule has 0 spiro atoms. The van der Waals surface area contributed by atoms with E-state index in [0.29, 0.717) is 5.56 Å². The molecule has 0 fully saturated rings. The maximum absolute atomic E-state index is 13.4. The van der Waals surface area contributed by atoms with E-state index in [0.717, 1.165) is 5.56 Å². The normalized spacial score (nSPS) is 11.2. The number of rotatable bonds is 7. The Morgan fingerprint density at radius 1 is 1.16 bits per heavy atom. The van der Waals surface area contributed by atoms with E-state index in [1.54, 1.807) is 31.2 Å². The second-order valence-electron chi connectivity index (χ2n) is 5.68. The van der Waals surface area contributed by atoms with Crippen molar-refractivity contribution in [2.24, 2.45) is 0 Å². The molecule has 1 N–H and O–H groups in total. The van der Waals surface area contributed by atoms with Gasteiger partial charge in [-0.25, -0.2) is 17.5 Å². The summed E-state index contributed by atoms with van der Waals surface area (Å²) in [5, 5.41) is 0. The lowest BCUT2D eigenvalue weighted by Crippen LogP contribution is -2.31. The summed E-state index contributed by atoms with van der Waals surface area (Å²) in [4.78, 5) is 11.9. The minimum Gasteiger partial charge on any atom is -0.491 e. The number of carbonyl (C=O) groups is 1. The van der Waals surface area contributed by atoms with Crippen LogP contribution in [0.1, 0.15) is 24.0 Å². The van der Waals surface area contributed by atoms with Crippen molar-refractivity contribution in [1.29, 1.82) is 0 Å². The van der Waals surface area contributed by atoms with Gasteiger partial charge in [0.05, 0.1) is 11.5 Å². The molecular weight excluding hydrogens is 345 g/mol. The van der Waals surface area contributed by atoms with Crippen LogP contribution in [0.25, 0.3) is 0 Å². The van der Waals surface area contributed by atoms with Crippen LogP contribution in [0.5, 0.6) is 5.75 Å². The van der Waals surface area contributed by atoms with Crippen LogP contribution in [0.15, 0.2) is 47.4 Å². The average Bonchev–Trinajstić information content (AvgIpc) is 2.52. The third-order valence-corrected chi connectivity index (χ3v) is 5.04. The van der Waals surface area contributed by atoms with Gasteiger partial charge in [-0.3, -0.25) is 4.79 Å². The van der Waals surface area contributed by atoms with E-state index in [-0.39, 0.29) is 30.1 Å². The molecule has 1 amide bonds. The largest absolute Gasteiger partial charge is 0.491 e. The summed E-state index contributed by atoms with van der Waals surface area (Å²) in [6.45, 7) is 3.64. The van der Waals surface area contributed by atoms with Gasteiger partial charge in [0, 0.05) is 6.42 Å². The van der Waals surface area contributed by atoms with Gasteiger partial charge in [0.25, 0.3) is 10.0 Å². The van der Waals surface area contributed by atoms with Gasteiger partial charge in [0.15, 0.2) is 11.6 Å². The van der Waals surface area contributed by atoms with Crippen molar-refractivity contribution in [3.05, 3.63) is 59.4 Å². The molecule has 0 radical (unpaired) electrons. The Morgan fingerprint density at radius 3 is 2.56 bits per heavy atom. The van der Waals surface area contributed by atoms with Gasteiger partial charge in [-0.05, 0) is 44.0 Å². The predicted molar refractivity (Wildman–Crippen MR) is 92.4 cm³/mol. The van der Waals surface area contributed by atoms with Crippen molar-refractivity contribution in [2.45, 2.75) is 31.6 Å². The molecule has 7 heteroatoms. The summed E-state index contributed by atoms with van der Waals surface area (Å²) in [6, 6.07) is 10.8. The maximum atomic E-state index is 13.4. The molecule has 134 valence electrons. The van der Waals surface area contributed by atoms with E-state index in [1.165, 1.54) is 18.2 Å². The molecule has 0 saturated heterocycles. The van der Waals surface area contributed by atoms with Gasteiger partial charge in [0.1, 0.15) is 0 Å². The van der Waals surface area contributed by atoms with Crippen molar-refractivity contribution in [3.8, 4) is 5.75 Å². The van der Waals surface area contributed by atoms with Crippen molar-refractivity contribution in [3.63, 3.8) is 0 Å². The number of benzene rings is 2. The molecule has 2 rings (SSSR count). The molecule has 0 aliphatic carbocycles. The molecule has 0 aliphatic heterocycles. The van der Waals surface area contributed by atoms with Crippen molar-refractivity contribution in [1.82, 2.24) is 4.72 Å². The lowest BCUT2D eigenvalue weighted by molar-refractivity contribution is -0.119. The molecule has 0 aromatic heterocycles. The monoisotopic (exact) mass is 365 g/mol. The number of nitrogens with one attached hydrogen (secondary N) is 1. The highest BCUT2D eigenvalue weighted by Crippen LogP contribution is 2.17. The topological polar surface area (TPSA) is 72.5 Å². The quantitative estimate of drug-likeness (QED) is 0.765. The Bertz CT molecular complexity index is 865. The summed E-state index contributed by atoms with van der Waals surface area (Å²) < 4.78 is 45.2. The molecule has 2 aromatic carbocycles. The molecule has 5 nitrogen and oxygen atoms in total. The zero-order valence-electron chi connectivity index (χ0n) is 14.1. The highest BCUT2D eigenvalue weighted by molar-refractivity contribution is 7.90. The Labute approximate surface area is 146 Å². The SMILES string of the molecule is Cc1ccc(S(=O)(=O)NC(=O)CCCOc2ccccc2F)c(C)c1. The summed E-state index contributed by atoms with van der Waals surface area (Å²) >= 11 is 0. The number of hydrogen-bond acceptors (Lipinski definition) is 4. The number of para-hydroxylation sites is 1. The van der Waals surface area contributed by atoms with Gasteiger partial charge < -0.3 is 4.74 Å². The number of amides is 1. The van der Waals surface area contributed by atoms with Crippen molar-refractivity contribution < 1.29 is 22.3 Å². The minimum atomic E-state index is -3.90. The number of halogens is 1. The fourth-order valence-electron chi connectivity index (χ4n) is 2.33. The van der Waals surface area contributed by atoms with Gasteiger partial charge in [-0.1, -0.05) is 29.8 Å². The van der Waals surface area contributed by atoms with Crippen LogP contribution in [-0.2, 0) is 14.8 Å². The van der Waals surface area contributed by atoms with E-state index in [2.05, 4.69) is 0 Å². The summed E-state index contributed by atoms with van der Waals surface area (Å²) in [6.07, 6.45) is 0.223. The highest BCUT2D eigenvalue weighted by Gasteiger charge is 2.19. The lowest BCUT2D eigenvalue weighted by Gasteiger charge is -2.10. The number of aryl methyl sites for hydroxylation is 2. The molecule has 0 heterocycles. The number of carbonyl (C=O) groups excluding carboxylic acids is 1. The fraction of sp³-hybridized carbons (Fsp3) is 0.278. The standard InChI is InChI=1S/C18H20FNO4S/c1-13-9-10-17(14(2)12-13)25(22,23)20-18(21)8-5-11-24-16-7-4-3-6-15(16)19/h3-4,6-7,9-10,12H,5,8,11H2,1-2H3,(H,20,21). The summed E-state index contributed by atoms with van der Waals surface area (Å²) in [7, 11) is -3.90. The first-order chi connectivity index (χ1) is 11.8. The average molecular weight is 365 g/mol. The van der Waals surface area contributed by atoms with Crippen molar-refractivity contribution >= 4 is 15.9 Å². The van der Waals surface area contributed by atoms with E-state index in [9.17, 15) is 17.6 Å². The van der Waals surface area contributed by atoms with Crippen LogP contribution in [-0.4, -0.2) is 20.9 Å². The van der Waals surface area contributed by atoms with E-state index < -0.39 is 21.7 Å². The Balaban J connectivity index is 1.86. The minimum absolute atomic E-state index is 0.0431. The second kappa shape index (κ2) is 8.11. The first-order valence-electron chi connectivity index (χ1n) is 7.80. The van der Waals surface area contributed by atoms with Crippen LogP contribution in [0.2, 0.25) is 0 Å². The first-order valence-corrected chi connectivity index (χ1v) is 9.28. The second-order valence-corrected chi connectivity index (χ2v) is 7.33. The zero-order valence-corrected chi connectivity index (χ0v) is 14.9. The van der Waals surface area contributed by atoms with Crippen molar-refractivity contribution in [2.75, 3.05) is 6.61 Å².